The Morgan fingerprint density at radius 2 is 1.89 bits per heavy atom. The number of aliphatic carboxylic acids is 1. The molecule has 3 aliphatic heterocycles. The van der Waals surface area contributed by atoms with E-state index in [1.807, 2.05) is 24.5 Å². The Kier molecular flexibility index (Phi) is 13.3. The normalized spacial score (nSPS) is 17.4. The van der Waals surface area contributed by atoms with Gasteiger partial charge in [-0.25, -0.2) is 19.6 Å². The maximum absolute atomic E-state index is 14.2. The van der Waals surface area contributed by atoms with Gasteiger partial charge in [-0.1, -0.05) is 32.8 Å². The molecule has 15 nitrogen and oxygen atoms in total. The van der Waals surface area contributed by atoms with Crippen LogP contribution in [0.1, 0.15) is 81.9 Å². The lowest BCUT2D eigenvalue weighted by atomic mass is 9.85. The summed E-state index contributed by atoms with van der Waals surface area (Å²) in [5, 5.41) is 13.0. The van der Waals surface area contributed by atoms with Crippen LogP contribution in [-0.2, 0) is 47.4 Å². The number of nitrogens with two attached hydrogens (primary N) is 2. The third-order valence-corrected chi connectivity index (χ3v) is 9.85. The predicted octanol–water partition coefficient (Wildman–Crippen LogP) is 3.56. The SMILES string of the molecule is CCCCCN1C=Nc2cccc3nc4c(c1c23)Cn1c-4cc2c(c1=O)COC(=O)[C@@]2(CC)OC(=O)CC[C@@H](NC(=O)[C@@H](N)CCCN)C(=O)O.Cl.Cl. The summed E-state index contributed by atoms with van der Waals surface area (Å²) in [7, 11) is 0. The lowest BCUT2D eigenvalue weighted by Gasteiger charge is -2.35. The number of carboxylic acid groups (broad SMARTS) is 1. The third kappa shape index (κ3) is 7.61. The van der Waals surface area contributed by atoms with E-state index in [4.69, 9.17) is 25.9 Å². The van der Waals surface area contributed by atoms with Crippen LogP contribution in [0, 0.1) is 0 Å². The van der Waals surface area contributed by atoms with Crippen molar-refractivity contribution in [1.29, 1.82) is 0 Å². The zero-order valence-electron chi connectivity index (χ0n) is 29.6. The van der Waals surface area contributed by atoms with Crippen molar-refractivity contribution < 1.29 is 33.8 Å². The Labute approximate surface area is 318 Å². The monoisotopic (exact) mass is 773 g/mol. The van der Waals surface area contributed by atoms with Crippen LogP contribution in [-0.4, -0.2) is 70.0 Å². The van der Waals surface area contributed by atoms with Crippen LogP contribution < -0.4 is 27.2 Å². The Balaban J connectivity index is 0.00000314. The first kappa shape index (κ1) is 41.2. The van der Waals surface area contributed by atoms with Gasteiger partial charge in [-0.2, -0.15) is 0 Å². The summed E-state index contributed by atoms with van der Waals surface area (Å²) in [6.07, 6.45) is 4.80. The molecule has 0 fully saturated rings. The number of aromatic nitrogens is 2. The average molecular weight is 775 g/mol. The number of cyclic esters (lactones) is 1. The number of fused-ring (bicyclic) bond motifs is 5. The minimum Gasteiger partial charge on any atom is -0.480 e. The quantitative estimate of drug-likeness (QED) is 0.101. The molecule has 5 heterocycles. The number of nitrogens with zero attached hydrogens (tertiary/aromatic N) is 4. The molecule has 0 unspecified atom stereocenters. The average Bonchev–Trinajstić information content (AvgIpc) is 3.49. The smallest absolute Gasteiger partial charge is 0.355 e. The molecule has 2 aromatic heterocycles. The van der Waals surface area contributed by atoms with Crippen LogP contribution >= 0.6 is 24.8 Å². The second-order valence-electron chi connectivity index (χ2n) is 13.1. The number of unbranched alkanes of at least 4 members (excludes halogenated alkanes) is 2. The lowest BCUT2D eigenvalue weighted by molar-refractivity contribution is -0.189. The van der Waals surface area contributed by atoms with Crippen molar-refractivity contribution in [2.24, 2.45) is 16.5 Å². The van der Waals surface area contributed by atoms with Crippen LogP contribution in [0.4, 0.5) is 11.4 Å². The standard InChI is InChI=1S/C36H43N7O8.2ClH/c1-3-5-6-15-42-19-39-24-10-7-11-25-29(24)31(42)20-17-43-27(30(20)40-25)16-22-21(33(43)46)18-50-35(49)36(22,4-2)51-28(44)13-12-26(34(47)48)41-32(45)23(38)9-8-14-37;;/h7,10-11,16,19,23,26H,3-6,8-9,12-15,17-18,37-38H2,1-2H3,(H,41,45)(H,47,48);2*1H/t23-,26+,36-;;/m0../s1. The van der Waals surface area contributed by atoms with Crippen LogP contribution in [0.3, 0.4) is 0 Å². The Bertz CT molecular complexity index is 2000. The number of pyridine rings is 2. The molecule has 0 aliphatic carbocycles. The number of anilines is 1. The fraction of sp³-hybridized carbons (Fsp3) is 0.472. The molecule has 0 radical (unpaired) electrons. The summed E-state index contributed by atoms with van der Waals surface area (Å²) < 4.78 is 12.9. The number of halogens is 2. The summed E-state index contributed by atoms with van der Waals surface area (Å²) in [5.74, 6) is -3.79. The summed E-state index contributed by atoms with van der Waals surface area (Å²) in [4.78, 5) is 77.3. The van der Waals surface area contributed by atoms with E-state index in [-0.39, 0.29) is 73.9 Å². The molecule has 1 aromatic carbocycles. The molecule has 0 saturated heterocycles. The van der Waals surface area contributed by atoms with Crippen molar-refractivity contribution in [1.82, 2.24) is 14.9 Å². The van der Waals surface area contributed by atoms with Gasteiger partial charge < -0.3 is 40.8 Å². The summed E-state index contributed by atoms with van der Waals surface area (Å²) in [5.41, 5.74) is 13.7. The first-order chi connectivity index (χ1) is 24.5. The highest BCUT2D eigenvalue weighted by atomic mass is 35.5. The number of carbonyl (C=O) groups is 4. The van der Waals surface area contributed by atoms with Crippen molar-refractivity contribution in [3.63, 3.8) is 0 Å². The van der Waals surface area contributed by atoms with E-state index in [0.29, 0.717) is 29.9 Å². The van der Waals surface area contributed by atoms with Crippen LogP contribution in [0.25, 0.3) is 22.3 Å². The number of esters is 2. The summed E-state index contributed by atoms with van der Waals surface area (Å²) >= 11 is 0. The molecular weight excluding hydrogens is 729 g/mol. The van der Waals surface area contributed by atoms with Crippen molar-refractivity contribution in [2.75, 3.05) is 18.0 Å². The highest BCUT2D eigenvalue weighted by Crippen LogP contribution is 2.47. The Morgan fingerprint density at radius 3 is 2.58 bits per heavy atom. The van der Waals surface area contributed by atoms with E-state index in [1.165, 1.54) is 0 Å². The number of nitrogens with one attached hydrogen (secondary N) is 1. The fourth-order valence-corrected chi connectivity index (χ4v) is 7.07. The van der Waals surface area contributed by atoms with Gasteiger partial charge in [0.1, 0.15) is 12.6 Å². The molecule has 286 valence electrons. The molecule has 0 bridgehead atoms. The predicted molar refractivity (Wildman–Crippen MR) is 203 cm³/mol. The number of carboxylic acids is 1. The van der Waals surface area contributed by atoms with E-state index >= 15 is 0 Å². The van der Waals surface area contributed by atoms with E-state index < -0.39 is 47.9 Å². The molecular formula is C36H45Cl2N7O8. The van der Waals surface area contributed by atoms with E-state index in [1.54, 1.807) is 17.6 Å². The number of hydrogen-bond donors (Lipinski definition) is 4. The molecule has 6 rings (SSSR count). The molecule has 0 spiro atoms. The lowest BCUT2D eigenvalue weighted by Crippen LogP contribution is -2.49. The molecule has 3 atom stereocenters. The van der Waals surface area contributed by atoms with Gasteiger partial charge in [-0.3, -0.25) is 14.4 Å². The second-order valence-corrected chi connectivity index (χ2v) is 13.1. The first-order valence-electron chi connectivity index (χ1n) is 17.5. The van der Waals surface area contributed by atoms with Gasteiger partial charge >= 0.3 is 17.9 Å². The molecule has 3 aromatic rings. The number of amides is 1. The van der Waals surface area contributed by atoms with Gasteiger partial charge in [0.25, 0.3) is 5.56 Å². The summed E-state index contributed by atoms with van der Waals surface area (Å²) in [6.45, 7) is 4.78. The van der Waals surface area contributed by atoms with Gasteiger partial charge in [0.2, 0.25) is 11.5 Å². The van der Waals surface area contributed by atoms with E-state index in [0.717, 1.165) is 48.1 Å². The number of benzene rings is 1. The topological polar surface area (TPSA) is 222 Å². The number of carbonyl (C=O) groups excluding carboxylic acids is 3. The first-order valence-corrected chi connectivity index (χ1v) is 17.5. The molecule has 1 amide bonds. The Hall–Kier alpha value is -4.57. The fourth-order valence-electron chi connectivity index (χ4n) is 7.07. The maximum Gasteiger partial charge on any atom is 0.355 e. The van der Waals surface area contributed by atoms with Crippen LogP contribution in [0.15, 0.2) is 34.1 Å². The van der Waals surface area contributed by atoms with Gasteiger partial charge in [0, 0.05) is 24.1 Å². The van der Waals surface area contributed by atoms with Gasteiger partial charge in [0.15, 0.2) is 0 Å². The van der Waals surface area contributed by atoms with Crippen molar-refractivity contribution in [2.45, 2.75) is 96.1 Å². The molecule has 0 saturated carbocycles. The number of rotatable bonds is 15. The summed E-state index contributed by atoms with van der Waals surface area (Å²) in [6, 6.07) is 5.02. The highest BCUT2D eigenvalue weighted by molar-refractivity contribution is 6.11. The minimum absolute atomic E-state index is 0. The van der Waals surface area contributed by atoms with E-state index in [9.17, 15) is 29.1 Å². The number of hydrogen-bond acceptors (Lipinski definition) is 12. The Morgan fingerprint density at radius 1 is 1.11 bits per heavy atom. The maximum atomic E-state index is 14.2. The van der Waals surface area contributed by atoms with Gasteiger partial charge in [-0.15, -0.1) is 24.8 Å². The molecule has 3 aliphatic rings. The van der Waals surface area contributed by atoms with Crippen molar-refractivity contribution in [3.8, 4) is 11.4 Å². The van der Waals surface area contributed by atoms with Crippen molar-refractivity contribution in [3.05, 3.63) is 51.3 Å². The molecule has 6 N–H and O–H groups in total. The molecule has 17 heteroatoms. The minimum atomic E-state index is -1.97. The van der Waals surface area contributed by atoms with Crippen LogP contribution in [0.5, 0.6) is 0 Å². The van der Waals surface area contributed by atoms with Gasteiger partial charge in [0.05, 0.1) is 58.2 Å². The second kappa shape index (κ2) is 17.1. The van der Waals surface area contributed by atoms with Crippen LogP contribution in [0.2, 0.25) is 0 Å². The zero-order chi connectivity index (χ0) is 36.4. The largest absolute Gasteiger partial charge is 0.480 e. The van der Waals surface area contributed by atoms with Gasteiger partial charge in [-0.05, 0) is 56.8 Å². The third-order valence-electron chi connectivity index (χ3n) is 9.85. The zero-order valence-corrected chi connectivity index (χ0v) is 31.2. The van der Waals surface area contributed by atoms with E-state index in [2.05, 4.69) is 22.1 Å². The molecule has 53 heavy (non-hydrogen) atoms. The number of aliphatic imine (C=N–C) groups is 1. The van der Waals surface area contributed by atoms with Crippen molar-refractivity contribution >= 4 is 77.2 Å². The number of ether oxygens (including phenoxy) is 2. The highest BCUT2D eigenvalue weighted by Gasteiger charge is 2.50.